The van der Waals surface area contributed by atoms with Gasteiger partial charge in [-0.05, 0) is 56.4 Å². The number of hydrogen-bond acceptors (Lipinski definition) is 2. The summed E-state index contributed by atoms with van der Waals surface area (Å²) in [6.45, 7) is 3.84. The van der Waals surface area contributed by atoms with Crippen LogP contribution >= 0.6 is 0 Å². The van der Waals surface area contributed by atoms with E-state index in [0.29, 0.717) is 30.6 Å². The predicted octanol–water partition coefficient (Wildman–Crippen LogP) is 2.30. The minimum absolute atomic E-state index is 0.370. The fourth-order valence-electron chi connectivity index (χ4n) is 3.51. The number of nitrogens with zero attached hydrogens (tertiary/aromatic N) is 2. The molecule has 0 amide bonds. The van der Waals surface area contributed by atoms with Crippen molar-refractivity contribution in [2.24, 2.45) is 4.99 Å². The zero-order valence-electron chi connectivity index (χ0n) is 14.4. The summed E-state index contributed by atoms with van der Waals surface area (Å²) in [5.41, 5.74) is 0.382. The summed E-state index contributed by atoms with van der Waals surface area (Å²) in [5.74, 6) is -0.0542. The van der Waals surface area contributed by atoms with Crippen molar-refractivity contribution in [1.82, 2.24) is 15.5 Å². The largest absolute Gasteiger partial charge is 0.356 e. The van der Waals surface area contributed by atoms with Gasteiger partial charge in [0.2, 0.25) is 0 Å². The number of hydrogen-bond donors (Lipinski definition) is 2. The molecule has 2 aliphatic rings. The second-order valence-electron chi connectivity index (χ2n) is 6.84. The molecule has 1 aromatic rings. The van der Waals surface area contributed by atoms with Gasteiger partial charge in [0, 0.05) is 38.3 Å². The third-order valence-electron chi connectivity index (χ3n) is 4.90. The van der Waals surface area contributed by atoms with E-state index in [2.05, 4.69) is 27.4 Å². The van der Waals surface area contributed by atoms with Gasteiger partial charge in [0.15, 0.2) is 5.96 Å². The van der Waals surface area contributed by atoms with Crippen molar-refractivity contribution in [2.75, 3.05) is 20.1 Å². The zero-order chi connectivity index (χ0) is 17.1. The van der Waals surface area contributed by atoms with E-state index in [9.17, 15) is 8.78 Å². The second kappa shape index (κ2) is 7.47. The van der Waals surface area contributed by atoms with Crippen molar-refractivity contribution in [1.29, 1.82) is 0 Å². The normalized spacial score (nSPS) is 25.1. The van der Waals surface area contributed by atoms with Gasteiger partial charge >= 0.3 is 0 Å². The van der Waals surface area contributed by atoms with E-state index in [1.807, 2.05) is 0 Å². The number of rotatable bonds is 5. The van der Waals surface area contributed by atoms with E-state index < -0.39 is 5.82 Å². The summed E-state index contributed by atoms with van der Waals surface area (Å²) >= 11 is 0. The zero-order valence-corrected chi connectivity index (χ0v) is 14.4. The van der Waals surface area contributed by atoms with Gasteiger partial charge in [-0.1, -0.05) is 0 Å². The Kier molecular flexibility index (Phi) is 5.33. The maximum atomic E-state index is 13.6. The molecule has 6 heteroatoms. The van der Waals surface area contributed by atoms with Gasteiger partial charge in [-0.15, -0.1) is 0 Å². The quantitative estimate of drug-likeness (QED) is 0.640. The summed E-state index contributed by atoms with van der Waals surface area (Å²) in [4.78, 5) is 6.82. The van der Waals surface area contributed by atoms with Gasteiger partial charge in [0.25, 0.3) is 0 Å². The molecule has 1 aliphatic carbocycles. The van der Waals surface area contributed by atoms with Crippen LogP contribution in [0.15, 0.2) is 23.2 Å². The average Bonchev–Trinajstić information content (AvgIpc) is 3.33. The summed E-state index contributed by atoms with van der Waals surface area (Å²) in [7, 11) is 1.73. The minimum atomic E-state index is -0.408. The van der Waals surface area contributed by atoms with Gasteiger partial charge in [-0.3, -0.25) is 9.89 Å². The topological polar surface area (TPSA) is 39.7 Å². The first-order valence-electron chi connectivity index (χ1n) is 8.73. The van der Waals surface area contributed by atoms with Crippen LogP contribution in [0.4, 0.5) is 8.78 Å². The van der Waals surface area contributed by atoms with Crippen molar-refractivity contribution in [3.8, 4) is 0 Å². The van der Waals surface area contributed by atoms with Gasteiger partial charge in [-0.25, -0.2) is 8.78 Å². The molecule has 1 heterocycles. The molecule has 1 saturated carbocycles. The van der Waals surface area contributed by atoms with Crippen molar-refractivity contribution < 1.29 is 8.78 Å². The van der Waals surface area contributed by atoms with Crippen LogP contribution < -0.4 is 10.6 Å². The fourth-order valence-corrected chi connectivity index (χ4v) is 3.51. The molecule has 0 spiro atoms. The molecule has 0 bridgehead atoms. The number of aliphatic imine (C=N–C) groups is 1. The Hall–Kier alpha value is -1.69. The van der Waals surface area contributed by atoms with Crippen LogP contribution in [0.5, 0.6) is 0 Å². The monoisotopic (exact) mass is 336 g/mol. The van der Waals surface area contributed by atoms with Crippen LogP contribution in [-0.4, -0.2) is 49.1 Å². The van der Waals surface area contributed by atoms with Crippen molar-refractivity contribution >= 4 is 5.96 Å². The van der Waals surface area contributed by atoms with Crippen molar-refractivity contribution in [2.45, 2.75) is 50.7 Å². The molecule has 2 fully saturated rings. The lowest BCUT2D eigenvalue weighted by Crippen LogP contribution is -2.45. The van der Waals surface area contributed by atoms with Crippen LogP contribution in [-0.2, 0) is 6.42 Å². The molecule has 4 nitrogen and oxygen atoms in total. The van der Waals surface area contributed by atoms with Gasteiger partial charge < -0.3 is 10.6 Å². The Bertz CT molecular complexity index is 601. The summed E-state index contributed by atoms with van der Waals surface area (Å²) in [5, 5.41) is 6.65. The van der Waals surface area contributed by atoms with Crippen LogP contribution in [0.2, 0.25) is 0 Å². The maximum Gasteiger partial charge on any atom is 0.191 e. The Morgan fingerprint density at radius 3 is 2.83 bits per heavy atom. The summed E-state index contributed by atoms with van der Waals surface area (Å²) in [6, 6.07) is 5.33. The average molecular weight is 336 g/mol. The molecule has 132 valence electrons. The lowest BCUT2D eigenvalue weighted by atomic mass is 10.1. The van der Waals surface area contributed by atoms with E-state index in [4.69, 9.17) is 0 Å². The van der Waals surface area contributed by atoms with Crippen molar-refractivity contribution in [3.05, 3.63) is 35.4 Å². The molecule has 2 N–H and O–H groups in total. The molecule has 1 aromatic carbocycles. The molecule has 3 rings (SSSR count). The van der Waals surface area contributed by atoms with Crippen LogP contribution in [0, 0.1) is 11.6 Å². The molecule has 2 unspecified atom stereocenters. The first-order valence-corrected chi connectivity index (χ1v) is 8.73. The third-order valence-corrected chi connectivity index (χ3v) is 4.90. The van der Waals surface area contributed by atoms with Crippen LogP contribution in [0.25, 0.3) is 0 Å². The lowest BCUT2D eigenvalue weighted by Gasteiger charge is -2.20. The molecule has 1 aliphatic heterocycles. The standard InChI is InChI=1S/C18H26F2N4/c1-12-9-15(11-24(12)16-4-5-16)23-18(21-2)22-8-7-13-10-14(19)3-6-17(13)20/h3,6,10,12,15-16H,4-5,7-9,11H2,1-2H3,(H2,21,22,23). The lowest BCUT2D eigenvalue weighted by molar-refractivity contribution is 0.256. The maximum absolute atomic E-state index is 13.6. The first kappa shape index (κ1) is 17.1. The molecule has 0 aromatic heterocycles. The Morgan fingerprint density at radius 2 is 2.12 bits per heavy atom. The molecule has 0 radical (unpaired) electrons. The summed E-state index contributed by atoms with van der Waals surface area (Å²) < 4.78 is 26.8. The molecular weight excluding hydrogens is 310 g/mol. The summed E-state index contributed by atoms with van der Waals surface area (Å²) in [6.07, 6.45) is 4.17. The molecule has 24 heavy (non-hydrogen) atoms. The van der Waals surface area contributed by atoms with Crippen LogP contribution in [0.3, 0.4) is 0 Å². The molecule has 1 saturated heterocycles. The van der Waals surface area contributed by atoms with Gasteiger partial charge in [-0.2, -0.15) is 0 Å². The van der Waals surface area contributed by atoms with E-state index >= 15 is 0 Å². The smallest absolute Gasteiger partial charge is 0.191 e. The van der Waals surface area contributed by atoms with Gasteiger partial charge in [0.05, 0.1) is 0 Å². The predicted molar refractivity (Wildman–Crippen MR) is 92.2 cm³/mol. The highest BCUT2D eigenvalue weighted by molar-refractivity contribution is 5.80. The highest BCUT2D eigenvalue weighted by Crippen LogP contribution is 2.33. The van der Waals surface area contributed by atoms with E-state index in [1.165, 1.54) is 25.0 Å². The first-order chi connectivity index (χ1) is 11.6. The minimum Gasteiger partial charge on any atom is -0.356 e. The Labute approximate surface area is 142 Å². The SMILES string of the molecule is CN=C(NCCc1cc(F)ccc1F)NC1CC(C)N(C2CC2)C1. The highest BCUT2D eigenvalue weighted by atomic mass is 19.1. The number of guanidine groups is 1. The Morgan fingerprint density at radius 1 is 1.33 bits per heavy atom. The molecule has 2 atom stereocenters. The van der Waals surface area contributed by atoms with Crippen molar-refractivity contribution in [3.63, 3.8) is 0 Å². The van der Waals surface area contributed by atoms with E-state index in [0.717, 1.165) is 31.0 Å². The van der Waals surface area contributed by atoms with Gasteiger partial charge in [0.1, 0.15) is 11.6 Å². The fraction of sp³-hybridized carbons (Fsp3) is 0.611. The number of benzene rings is 1. The highest BCUT2D eigenvalue weighted by Gasteiger charge is 2.38. The third kappa shape index (κ3) is 4.23. The van der Waals surface area contributed by atoms with E-state index in [-0.39, 0.29) is 5.82 Å². The van der Waals surface area contributed by atoms with E-state index in [1.54, 1.807) is 7.05 Å². The van der Waals surface area contributed by atoms with Crippen LogP contribution in [0.1, 0.15) is 31.7 Å². The number of likely N-dealkylation sites (tertiary alicyclic amines) is 1. The Balaban J connectivity index is 1.46. The second-order valence-corrected chi connectivity index (χ2v) is 6.84. The number of nitrogens with one attached hydrogen (secondary N) is 2. The number of halogens is 2. The molecular formula is C18H26F2N4.